The number of carbonyl (C=O) groups excluding carboxylic acids is 2. The number of hydrogen-bond acceptors (Lipinski definition) is 5. The second-order valence-corrected chi connectivity index (χ2v) is 8.60. The number of amides is 2. The molecule has 0 aliphatic carbocycles. The predicted octanol–water partition coefficient (Wildman–Crippen LogP) is 2.99. The van der Waals surface area contributed by atoms with Gasteiger partial charge in [0, 0.05) is 57.6 Å². The zero-order chi connectivity index (χ0) is 23.0. The van der Waals surface area contributed by atoms with Crippen molar-refractivity contribution in [1.82, 2.24) is 9.80 Å². The minimum atomic E-state index is -0.124. The van der Waals surface area contributed by atoms with Crippen LogP contribution in [-0.2, 0) is 20.9 Å². The number of piperidine rings is 1. The molecule has 2 saturated heterocycles. The molecule has 7 heteroatoms. The Kier molecular flexibility index (Phi) is 7.96. The maximum absolute atomic E-state index is 13.3. The summed E-state index contributed by atoms with van der Waals surface area (Å²) in [6.07, 6.45) is 0.908. The monoisotopic (exact) mass is 452 g/mol. The number of para-hydroxylation sites is 1. The molecule has 33 heavy (non-hydrogen) atoms. The number of nitrogens with zero attached hydrogens (tertiary/aromatic N) is 2. The summed E-state index contributed by atoms with van der Waals surface area (Å²) in [5.41, 5.74) is 1.61. The van der Waals surface area contributed by atoms with Gasteiger partial charge < -0.3 is 24.0 Å². The van der Waals surface area contributed by atoms with E-state index < -0.39 is 0 Å². The van der Waals surface area contributed by atoms with E-state index in [-0.39, 0.29) is 23.8 Å². The summed E-state index contributed by atoms with van der Waals surface area (Å²) in [5.74, 6) is 0.787. The van der Waals surface area contributed by atoms with Gasteiger partial charge in [-0.05, 0) is 29.8 Å². The molecule has 176 valence electrons. The van der Waals surface area contributed by atoms with E-state index in [1.165, 1.54) is 0 Å². The minimum absolute atomic E-state index is 0.0186. The molecule has 0 aromatic heterocycles. The van der Waals surface area contributed by atoms with Gasteiger partial charge in [0.15, 0.2) is 0 Å². The number of hydrogen-bond donors (Lipinski definition) is 0. The molecule has 0 N–H and O–H groups in total. The molecule has 2 amide bonds. The maximum atomic E-state index is 13.3. The van der Waals surface area contributed by atoms with E-state index in [0.717, 1.165) is 11.3 Å². The number of ether oxygens (including phenoxy) is 3. The zero-order valence-electron chi connectivity index (χ0n) is 19.2. The zero-order valence-corrected chi connectivity index (χ0v) is 19.2. The van der Waals surface area contributed by atoms with Crippen molar-refractivity contribution in [2.45, 2.75) is 25.6 Å². The van der Waals surface area contributed by atoms with Crippen LogP contribution in [0, 0.1) is 5.92 Å². The van der Waals surface area contributed by atoms with Crippen LogP contribution in [0.25, 0.3) is 0 Å². The normalized spacial score (nSPS) is 21.0. The Morgan fingerprint density at radius 3 is 2.55 bits per heavy atom. The lowest BCUT2D eigenvalue weighted by molar-refractivity contribution is -0.137. The van der Waals surface area contributed by atoms with Crippen LogP contribution < -0.4 is 4.74 Å². The largest absolute Gasteiger partial charge is 0.490 e. The van der Waals surface area contributed by atoms with Gasteiger partial charge in [0.1, 0.15) is 11.9 Å². The van der Waals surface area contributed by atoms with Crippen LogP contribution >= 0.6 is 0 Å². The molecule has 2 aromatic carbocycles. The molecule has 2 aliphatic rings. The Bertz CT molecular complexity index is 929. The molecule has 0 saturated carbocycles. The lowest BCUT2D eigenvalue weighted by Crippen LogP contribution is -2.50. The van der Waals surface area contributed by atoms with E-state index in [1.807, 2.05) is 64.4 Å². The molecule has 0 spiro atoms. The van der Waals surface area contributed by atoms with E-state index in [1.54, 1.807) is 7.11 Å². The van der Waals surface area contributed by atoms with Gasteiger partial charge in [-0.15, -0.1) is 0 Å². The van der Waals surface area contributed by atoms with Crippen molar-refractivity contribution in [3.05, 3.63) is 65.7 Å². The first-order valence-electron chi connectivity index (χ1n) is 11.6. The fraction of sp³-hybridized carbons (Fsp3) is 0.462. The Balaban J connectivity index is 1.48. The lowest BCUT2D eigenvalue weighted by Gasteiger charge is -2.39. The maximum Gasteiger partial charge on any atom is 0.253 e. The van der Waals surface area contributed by atoms with Crippen LogP contribution in [0.4, 0.5) is 0 Å². The van der Waals surface area contributed by atoms with Crippen molar-refractivity contribution in [2.75, 3.05) is 46.5 Å². The van der Waals surface area contributed by atoms with Gasteiger partial charge in [-0.25, -0.2) is 0 Å². The molecular weight excluding hydrogens is 420 g/mol. The molecular formula is C26H32N2O5. The third-order valence-electron chi connectivity index (χ3n) is 6.27. The van der Waals surface area contributed by atoms with Crippen LogP contribution in [0.3, 0.4) is 0 Å². The molecule has 2 heterocycles. The van der Waals surface area contributed by atoms with Crippen LogP contribution in [0.2, 0.25) is 0 Å². The highest BCUT2D eigenvalue weighted by atomic mass is 16.5. The van der Waals surface area contributed by atoms with Crippen LogP contribution in [0.5, 0.6) is 5.75 Å². The number of rotatable bonds is 7. The summed E-state index contributed by atoms with van der Waals surface area (Å²) in [6.45, 7) is 3.92. The topological polar surface area (TPSA) is 68.3 Å². The van der Waals surface area contributed by atoms with Gasteiger partial charge in [-0.2, -0.15) is 0 Å². The number of methoxy groups -OCH3 is 1. The first-order valence-corrected chi connectivity index (χ1v) is 11.6. The summed E-state index contributed by atoms with van der Waals surface area (Å²) in [7, 11) is 1.64. The molecule has 2 aliphatic heterocycles. The molecule has 4 rings (SSSR count). The van der Waals surface area contributed by atoms with Crippen molar-refractivity contribution >= 4 is 11.8 Å². The van der Waals surface area contributed by atoms with Crippen molar-refractivity contribution < 1.29 is 23.8 Å². The van der Waals surface area contributed by atoms with E-state index in [0.29, 0.717) is 64.4 Å². The van der Waals surface area contributed by atoms with Crippen LogP contribution in [-0.4, -0.2) is 74.2 Å². The highest BCUT2D eigenvalue weighted by Gasteiger charge is 2.36. The fourth-order valence-corrected chi connectivity index (χ4v) is 4.53. The first-order chi connectivity index (χ1) is 16.1. The number of morpholine rings is 1. The third kappa shape index (κ3) is 6.12. The van der Waals surface area contributed by atoms with Crippen molar-refractivity contribution in [3.8, 4) is 5.75 Å². The third-order valence-corrected chi connectivity index (χ3v) is 6.27. The molecule has 2 atom stereocenters. The Labute approximate surface area is 195 Å². The Morgan fingerprint density at radius 2 is 1.79 bits per heavy atom. The Morgan fingerprint density at radius 1 is 1.00 bits per heavy atom. The van der Waals surface area contributed by atoms with Gasteiger partial charge in [0.25, 0.3) is 5.91 Å². The van der Waals surface area contributed by atoms with E-state index in [9.17, 15) is 9.59 Å². The summed E-state index contributed by atoms with van der Waals surface area (Å²) in [4.78, 5) is 30.0. The second-order valence-electron chi connectivity index (χ2n) is 8.60. The van der Waals surface area contributed by atoms with Crippen LogP contribution in [0.15, 0.2) is 54.6 Å². The highest BCUT2D eigenvalue weighted by Crippen LogP contribution is 2.27. The summed E-state index contributed by atoms with van der Waals surface area (Å²) in [5, 5.41) is 0. The average molecular weight is 453 g/mol. The quantitative estimate of drug-likeness (QED) is 0.646. The van der Waals surface area contributed by atoms with Gasteiger partial charge in [-0.3, -0.25) is 9.59 Å². The predicted molar refractivity (Wildman–Crippen MR) is 124 cm³/mol. The summed E-state index contributed by atoms with van der Waals surface area (Å²) < 4.78 is 16.9. The molecule has 2 fully saturated rings. The lowest BCUT2D eigenvalue weighted by atomic mass is 9.90. The second kappa shape index (κ2) is 11.3. The van der Waals surface area contributed by atoms with Gasteiger partial charge in [-0.1, -0.05) is 30.3 Å². The molecule has 7 nitrogen and oxygen atoms in total. The SMILES string of the molecule is COCc1cccc(C(=O)N2CC[C@H](Oc3ccccc3)[C@@H](CC(=O)N3CCOCC3)C2)c1. The van der Waals surface area contributed by atoms with E-state index in [4.69, 9.17) is 14.2 Å². The highest BCUT2D eigenvalue weighted by molar-refractivity contribution is 5.94. The smallest absolute Gasteiger partial charge is 0.253 e. The van der Waals surface area contributed by atoms with E-state index in [2.05, 4.69) is 0 Å². The molecule has 0 radical (unpaired) electrons. The minimum Gasteiger partial charge on any atom is -0.490 e. The average Bonchev–Trinajstić information content (AvgIpc) is 2.86. The number of benzene rings is 2. The van der Waals surface area contributed by atoms with E-state index >= 15 is 0 Å². The number of likely N-dealkylation sites (tertiary alicyclic amines) is 1. The standard InChI is InChI=1S/C26H32N2O5/c1-31-19-20-6-5-7-21(16-20)26(30)28-11-10-24(33-23-8-3-2-4-9-23)22(18-28)17-25(29)27-12-14-32-15-13-27/h2-9,16,22,24H,10-15,17-19H2,1H3/t22-,24-/m0/s1. The van der Waals surface area contributed by atoms with Crippen molar-refractivity contribution in [2.24, 2.45) is 5.92 Å². The molecule has 0 unspecified atom stereocenters. The number of carbonyl (C=O) groups is 2. The summed E-state index contributed by atoms with van der Waals surface area (Å²) in [6, 6.07) is 17.2. The van der Waals surface area contributed by atoms with Crippen molar-refractivity contribution in [1.29, 1.82) is 0 Å². The fourth-order valence-electron chi connectivity index (χ4n) is 4.53. The van der Waals surface area contributed by atoms with Crippen LogP contribution in [0.1, 0.15) is 28.8 Å². The first kappa shape index (κ1) is 23.3. The van der Waals surface area contributed by atoms with Gasteiger partial charge >= 0.3 is 0 Å². The Hall–Kier alpha value is -2.90. The summed E-state index contributed by atoms with van der Waals surface area (Å²) >= 11 is 0. The van der Waals surface area contributed by atoms with Crippen molar-refractivity contribution in [3.63, 3.8) is 0 Å². The van der Waals surface area contributed by atoms with Gasteiger partial charge in [0.05, 0.1) is 19.8 Å². The molecule has 0 bridgehead atoms. The molecule has 2 aromatic rings. The van der Waals surface area contributed by atoms with Gasteiger partial charge in [0.2, 0.25) is 5.91 Å².